The molecule has 1 rings (SSSR count). The molecular weight excluding hydrogens is 240 g/mol. The fraction of sp³-hybridized carbons (Fsp3) is 0.545. The van der Waals surface area contributed by atoms with Crippen LogP contribution < -0.4 is 5.32 Å². The summed E-state index contributed by atoms with van der Waals surface area (Å²) in [6, 6.07) is 1.37. The number of likely N-dealkylation sites (N-methyl/N-ethyl adjacent to an activating group) is 1. The van der Waals surface area contributed by atoms with Crippen LogP contribution in [0.3, 0.4) is 0 Å². The van der Waals surface area contributed by atoms with E-state index in [1.54, 1.807) is 21.0 Å². The number of ketones is 1. The van der Waals surface area contributed by atoms with E-state index in [0.29, 0.717) is 17.1 Å². The fourth-order valence-electron chi connectivity index (χ4n) is 1.50. The third-order valence-electron chi connectivity index (χ3n) is 2.65. The highest BCUT2D eigenvalue weighted by atomic mass is 32.2. The highest BCUT2D eigenvalue weighted by Crippen LogP contribution is 2.34. The summed E-state index contributed by atoms with van der Waals surface area (Å²) in [6.07, 6.45) is 0.686. The van der Waals surface area contributed by atoms with Gasteiger partial charge in [0.2, 0.25) is 5.88 Å². The summed E-state index contributed by atoms with van der Waals surface area (Å²) in [5.74, 6) is 0.883. The summed E-state index contributed by atoms with van der Waals surface area (Å²) in [5, 5.41) is 22.0. The lowest BCUT2D eigenvalue weighted by atomic mass is 10.1. The highest BCUT2D eigenvalue weighted by Gasteiger charge is 2.14. The third kappa shape index (κ3) is 3.41. The first-order valence-electron chi connectivity index (χ1n) is 5.35. The maximum absolute atomic E-state index is 11.2. The summed E-state index contributed by atoms with van der Waals surface area (Å²) >= 11 is 1.42. The van der Waals surface area contributed by atoms with Gasteiger partial charge in [0.25, 0.3) is 0 Å². The zero-order valence-corrected chi connectivity index (χ0v) is 11.0. The lowest BCUT2D eigenvalue weighted by molar-refractivity contribution is -0.118. The van der Waals surface area contributed by atoms with Crippen LogP contribution in [-0.4, -0.2) is 39.4 Å². The molecule has 0 saturated heterocycles. The van der Waals surface area contributed by atoms with Crippen molar-refractivity contribution in [1.82, 2.24) is 9.88 Å². The van der Waals surface area contributed by atoms with E-state index >= 15 is 0 Å². The second-order valence-corrected chi connectivity index (χ2v) is 4.98. The summed E-state index contributed by atoms with van der Waals surface area (Å²) in [7, 11) is 3.34. The van der Waals surface area contributed by atoms with Crippen molar-refractivity contribution in [1.29, 1.82) is 0 Å². The van der Waals surface area contributed by atoms with Gasteiger partial charge in [-0.25, -0.2) is 0 Å². The second kappa shape index (κ2) is 5.97. The summed E-state index contributed by atoms with van der Waals surface area (Å²) in [5.41, 5.74) is 0. The van der Waals surface area contributed by atoms with Crippen LogP contribution in [0.4, 0.5) is 0 Å². The molecule has 0 fully saturated rings. The fourth-order valence-corrected chi connectivity index (χ4v) is 2.52. The van der Waals surface area contributed by atoms with Gasteiger partial charge in [-0.1, -0.05) is 0 Å². The Kier molecular flexibility index (Phi) is 4.89. The molecule has 0 amide bonds. The number of aromatic hydroxyl groups is 2. The number of hydrogen-bond donors (Lipinski definition) is 3. The Morgan fingerprint density at radius 3 is 2.65 bits per heavy atom. The number of aromatic nitrogens is 1. The van der Waals surface area contributed by atoms with E-state index in [9.17, 15) is 15.0 Å². The Bertz CT molecular complexity index is 404. The SMILES string of the molecule is CNC(CCSc1cc(O)n(C)c1O)C(C)=O. The van der Waals surface area contributed by atoms with Crippen molar-refractivity contribution in [3.8, 4) is 11.8 Å². The Balaban J connectivity index is 2.51. The number of thioether (sulfide) groups is 1. The van der Waals surface area contributed by atoms with E-state index in [-0.39, 0.29) is 23.6 Å². The predicted molar refractivity (Wildman–Crippen MR) is 67.6 cm³/mol. The van der Waals surface area contributed by atoms with Gasteiger partial charge < -0.3 is 15.5 Å². The van der Waals surface area contributed by atoms with Gasteiger partial charge in [-0.05, 0) is 20.4 Å². The minimum Gasteiger partial charge on any atom is -0.494 e. The normalized spacial score (nSPS) is 12.6. The number of rotatable bonds is 6. The molecule has 0 bridgehead atoms. The van der Waals surface area contributed by atoms with Gasteiger partial charge in [-0.15, -0.1) is 11.8 Å². The predicted octanol–water partition coefficient (Wildman–Crippen LogP) is 1.10. The molecule has 1 aromatic heterocycles. The van der Waals surface area contributed by atoms with Gasteiger partial charge in [0.05, 0.1) is 10.9 Å². The van der Waals surface area contributed by atoms with Crippen molar-refractivity contribution in [3.05, 3.63) is 6.07 Å². The van der Waals surface area contributed by atoms with Gasteiger partial charge in [0.1, 0.15) is 5.78 Å². The Labute approximate surface area is 105 Å². The number of nitrogens with zero attached hydrogens (tertiary/aromatic N) is 1. The molecule has 0 radical (unpaired) electrons. The van der Waals surface area contributed by atoms with Gasteiger partial charge in [0.15, 0.2) is 5.88 Å². The standard InChI is InChI=1S/C11H18N2O3S/c1-7(14)8(12-2)4-5-17-9-6-10(15)13(3)11(9)16/h6,8,12,15-16H,4-5H2,1-3H3. The van der Waals surface area contributed by atoms with E-state index < -0.39 is 0 Å². The number of nitrogens with one attached hydrogen (secondary N) is 1. The van der Waals surface area contributed by atoms with E-state index in [0.717, 1.165) is 0 Å². The lowest BCUT2D eigenvalue weighted by Crippen LogP contribution is -2.32. The van der Waals surface area contributed by atoms with Crippen LogP contribution in [0.15, 0.2) is 11.0 Å². The Morgan fingerprint density at radius 2 is 2.24 bits per heavy atom. The molecule has 1 atom stereocenters. The lowest BCUT2D eigenvalue weighted by Gasteiger charge is -2.11. The Morgan fingerprint density at radius 1 is 1.59 bits per heavy atom. The van der Waals surface area contributed by atoms with E-state index in [1.807, 2.05) is 0 Å². The summed E-state index contributed by atoms with van der Waals surface area (Å²) in [6.45, 7) is 1.55. The van der Waals surface area contributed by atoms with Crippen molar-refractivity contribution < 1.29 is 15.0 Å². The molecule has 17 heavy (non-hydrogen) atoms. The van der Waals surface area contributed by atoms with Gasteiger partial charge in [0, 0.05) is 18.9 Å². The van der Waals surface area contributed by atoms with E-state index in [4.69, 9.17) is 0 Å². The quantitative estimate of drug-likeness (QED) is 0.666. The molecule has 0 aromatic carbocycles. The maximum atomic E-state index is 11.2. The van der Waals surface area contributed by atoms with Crippen molar-refractivity contribution in [2.24, 2.45) is 7.05 Å². The van der Waals surface area contributed by atoms with E-state index in [1.165, 1.54) is 22.4 Å². The first-order chi connectivity index (χ1) is 7.97. The molecule has 0 spiro atoms. The minimum absolute atomic E-state index is 0.0294. The number of Topliss-reactive ketones (excluding diaryl/α,β-unsaturated/α-hetero) is 1. The highest BCUT2D eigenvalue weighted by molar-refractivity contribution is 7.99. The molecule has 1 unspecified atom stereocenters. The van der Waals surface area contributed by atoms with E-state index in [2.05, 4.69) is 5.32 Å². The van der Waals surface area contributed by atoms with Crippen LogP contribution in [0.2, 0.25) is 0 Å². The third-order valence-corrected chi connectivity index (χ3v) is 3.70. The van der Waals surface area contributed by atoms with Crippen LogP contribution >= 0.6 is 11.8 Å². The molecule has 0 aliphatic heterocycles. The number of carbonyl (C=O) groups is 1. The largest absolute Gasteiger partial charge is 0.494 e. The molecule has 0 saturated carbocycles. The van der Waals surface area contributed by atoms with Crippen LogP contribution in [0, 0.1) is 0 Å². The molecule has 6 heteroatoms. The monoisotopic (exact) mass is 258 g/mol. The van der Waals surface area contributed by atoms with Gasteiger partial charge >= 0.3 is 0 Å². The molecule has 0 aliphatic rings. The zero-order valence-electron chi connectivity index (χ0n) is 10.2. The molecular formula is C11H18N2O3S. The number of hydrogen-bond acceptors (Lipinski definition) is 5. The topological polar surface area (TPSA) is 74.5 Å². The van der Waals surface area contributed by atoms with Crippen LogP contribution in [0.5, 0.6) is 11.8 Å². The summed E-state index contributed by atoms with van der Waals surface area (Å²) in [4.78, 5) is 11.8. The molecule has 1 heterocycles. The minimum atomic E-state index is -0.151. The second-order valence-electron chi connectivity index (χ2n) is 3.84. The Hall–Kier alpha value is -1.14. The molecule has 5 nitrogen and oxygen atoms in total. The molecule has 1 aromatic rings. The maximum Gasteiger partial charge on any atom is 0.207 e. The van der Waals surface area contributed by atoms with Crippen LogP contribution in [-0.2, 0) is 11.8 Å². The average molecular weight is 258 g/mol. The zero-order chi connectivity index (χ0) is 13.0. The smallest absolute Gasteiger partial charge is 0.207 e. The van der Waals surface area contributed by atoms with Crippen molar-refractivity contribution >= 4 is 17.5 Å². The van der Waals surface area contributed by atoms with Crippen molar-refractivity contribution in [3.63, 3.8) is 0 Å². The number of carbonyl (C=O) groups excluding carboxylic acids is 1. The first-order valence-corrected chi connectivity index (χ1v) is 6.34. The molecule has 0 aliphatic carbocycles. The molecule has 3 N–H and O–H groups in total. The average Bonchev–Trinajstić information content (AvgIpc) is 2.52. The van der Waals surface area contributed by atoms with Gasteiger partial charge in [-0.3, -0.25) is 9.36 Å². The molecule has 96 valence electrons. The van der Waals surface area contributed by atoms with Crippen LogP contribution in [0.25, 0.3) is 0 Å². The first kappa shape index (κ1) is 13.9. The van der Waals surface area contributed by atoms with Gasteiger partial charge in [-0.2, -0.15) is 0 Å². The summed E-state index contributed by atoms with van der Waals surface area (Å²) < 4.78 is 1.31. The van der Waals surface area contributed by atoms with Crippen molar-refractivity contribution in [2.75, 3.05) is 12.8 Å². The van der Waals surface area contributed by atoms with Crippen molar-refractivity contribution in [2.45, 2.75) is 24.3 Å². The van der Waals surface area contributed by atoms with Crippen LogP contribution in [0.1, 0.15) is 13.3 Å².